The minimum atomic E-state index is -4.55. The van der Waals surface area contributed by atoms with Crippen molar-refractivity contribution in [3.63, 3.8) is 0 Å². The molecule has 0 aliphatic rings. The molecule has 1 atom stereocenters. The summed E-state index contributed by atoms with van der Waals surface area (Å²) in [5.74, 6) is -2.69. The van der Waals surface area contributed by atoms with E-state index in [1.807, 2.05) is 4.98 Å². The maximum atomic E-state index is 11.8. The van der Waals surface area contributed by atoms with Crippen molar-refractivity contribution in [3.05, 3.63) is 27.0 Å². The molecule has 110 valence electrons. The smallest absolute Gasteiger partial charge is 0.325 e. The number of nitrogens with one attached hydrogen (secondary N) is 3. The highest BCUT2D eigenvalue weighted by atomic mass is 32.2. The minimum Gasteiger partial charge on any atom is -0.480 e. The van der Waals surface area contributed by atoms with Gasteiger partial charge >= 0.3 is 11.7 Å². The molecule has 1 heterocycles. The Morgan fingerprint density at radius 1 is 1.40 bits per heavy atom. The summed E-state index contributed by atoms with van der Waals surface area (Å²) in [6.07, 6.45) is -0.192. The first-order chi connectivity index (χ1) is 9.13. The Morgan fingerprint density at radius 3 is 2.45 bits per heavy atom. The number of aromatic nitrogens is 2. The summed E-state index contributed by atoms with van der Waals surface area (Å²) in [7, 11) is -4.55. The second-order valence-corrected chi connectivity index (χ2v) is 5.30. The van der Waals surface area contributed by atoms with Crippen LogP contribution >= 0.6 is 0 Å². The zero-order valence-corrected chi connectivity index (χ0v) is 10.6. The molecule has 1 aromatic heterocycles. The number of hydrogen-bond donors (Lipinski definition) is 5. The number of rotatable bonds is 6. The van der Waals surface area contributed by atoms with E-state index in [2.05, 4.69) is 0 Å². The van der Waals surface area contributed by atoms with Crippen LogP contribution < -0.4 is 21.7 Å². The van der Waals surface area contributed by atoms with Crippen LogP contribution in [0, 0.1) is 0 Å². The average Bonchev–Trinajstić information content (AvgIpc) is 2.26. The number of carboxylic acids is 1. The summed E-state index contributed by atoms with van der Waals surface area (Å²) >= 11 is 0. The SMILES string of the molecule is NC(=O)CC(NS(=O)(=O)c1c[nH]c(=O)[nH]c1=O)C(=O)O. The monoisotopic (exact) mass is 306 g/mol. The predicted octanol–water partition coefficient (Wildman–Crippen LogP) is -3.33. The Balaban J connectivity index is 3.16. The van der Waals surface area contributed by atoms with Gasteiger partial charge in [0.2, 0.25) is 15.9 Å². The third kappa shape index (κ3) is 3.76. The fraction of sp³-hybridized carbons (Fsp3) is 0.250. The van der Waals surface area contributed by atoms with Gasteiger partial charge in [0.25, 0.3) is 5.56 Å². The van der Waals surface area contributed by atoms with Crippen molar-refractivity contribution in [3.8, 4) is 0 Å². The lowest BCUT2D eigenvalue weighted by Gasteiger charge is -2.12. The van der Waals surface area contributed by atoms with Crippen LogP contribution in [0.2, 0.25) is 0 Å². The lowest BCUT2D eigenvalue weighted by Crippen LogP contribution is -2.45. The van der Waals surface area contributed by atoms with Crippen molar-refractivity contribution in [1.82, 2.24) is 14.7 Å². The zero-order chi connectivity index (χ0) is 15.5. The van der Waals surface area contributed by atoms with Gasteiger partial charge in [-0.2, -0.15) is 4.72 Å². The quantitative estimate of drug-likeness (QED) is 0.362. The highest BCUT2D eigenvalue weighted by molar-refractivity contribution is 7.89. The van der Waals surface area contributed by atoms with Crippen LogP contribution in [0.25, 0.3) is 0 Å². The maximum Gasteiger partial charge on any atom is 0.325 e. The van der Waals surface area contributed by atoms with Gasteiger partial charge in [0.15, 0.2) is 4.90 Å². The van der Waals surface area contributed by atoms with Gasteiger partial charge in [-0.25, -0.2) is 13.2 Å². The first-order valence-electron chi connectivity index (χ1n) is 4.99. The first-order valence-corrected chi connectivity index (χ1v) is 6.47. The molecule has 11 nitrogen and oxygen atoms in total. The van der Waals surface area contributed by atoms with Gasteiger partial charge < -0.3 is 15.8 Å². The fourth-order valence-electron chi connectivity index (χ4n) is 1.23. The van der Waals surface area contributed by atoms with Crippen LogP contribution in [0.5, 0.6) is 0 Å². The molecule has 0 spiro atoms. The summed E-state index contributed by atoms with van der Waals surface area (Å²) in [4.78, 5) is 46.2. The van der Waals surface area contributed by atoms with Crippen LogP contribution in [-0.2, 0) is 19.6 Å². The molecule has 0 bridgehead atoms. The Morgan fingerprint density at radius 2 is 2.00 bits per heavy atom. The number of primary amides is 1. The Labute approximate surface area is 110 Å². The molecule has 0 radical (unpaired) electrons. The van der Waals surface area contributed by atoms with Crippen molar-refractivity contribution < 1.29 is 23.1 Å². The second kappa shape index (κ2) is 5.66. The maximum absolute atomic E-state index is 11.8. The van der Waals surface area contributed by atoms with Crippen molar-refractivity contribution in [1.29, 1.82) is 0 Å². The Bertz CT molecular complexity index is 747. The molecule has 12 heteroatoms. The van der Waals surface area contributed by atoms with E-state index < -0.39 is 50.5 Å². The highest BCUT2D eigenvalue weighted by Gasteiger charge is 2.28. The Hall–Kier alpha value is -2.47. The van der Waals surface area contributed by atoms with Crippen molar-refractivity contribution in [2.24, 2.45) is 5.73 Å². The molecular weight excluding hydrogens is 296 g/mol. The zero-order valence-electron chi connectivity index (χ0n) is 9.74. The summed E-state index contributed by atoms with van der Waals surface area (Å²) in [6, 6.07) is -1.83. The molecular formula is C8H10N4O7S. The summed E-state index contributed by atoms with van der Waals surface area (Å²) in [5.41, 5.74) is 2.62. The number of carboxylic acid groups (broad SMARTS) is 1. The lowest BCUT2D eigenvalue weighted by atomic mass is 10.2. The standard InChI is InChI=1S/C8H10N4O7S/c9-5(13)1-3(7(15)16)12-20(18,19)4-2-10-8(17)11-6(4)14/h2-3,12H,1H2,(H2,9,13)(H,15,16)(H2,10,11,14,17). The van der Waals surface area contributed by atoms with Crippen LogP contribution in [-0.4, -0.2) is 41.4 Å². The predicted molar refractivity (Wildman–Crippen MR) is 63.2 cm³/mol. The van der Waals surface area contributed by atoms with Gasteiger partial charge in [-0.3, -0.25) is 19.4 Å². The van der Waals surface area contributed by atoms with Crippen LogP contribution in [0.4, 0.5) is 0 Å². The molecule has 1 amide bonds. The number of H-pyrrole nitrogens is 2. The van der Waals surface area contributed by atoms with E-state index in [-0.39, 0.29) is 0 Å². The Kier molecular flexibility index (Phi) is 4.41. The van der Waals surface area contributed by atoms with E-state index in [0.717, 1.165) is 0 Å². The molecule has 0 saturated carbocycles. The highest BCUT2D eigenvalue weighted by Crippen LogP contribution is 2.02. The van der Waals surface area contributed by atoms with Gasteiger partial charge in [-0.05, 0) is 0 Å². The minimum absolute atomic E-state index is 0.604. The summed E-state index contributed by atoms with van der Waals surface area (Å²) < 4.78 is 25.2. The molecule has 0 aliphatic carbocycles. The van der Waals surface area contributed by atoms with Gasteiger partial charge in [-0.1, -0.05) is 0 Å². The van der Waals surface area contributed by atoms with Crippen molar-refractivity contribution in [2.45, 2.75) is 17.4 Å². The van der Waals surface area contributed by atoms with Crippen LogP contribution in [0.1, 0.15) is 6.42 Å². The van der Waals surface area contributed by atoms with E-state index >= 15 is 0 Å². The van der Waals surface area contributed by atoms with Crippen molar-refractivity contribution in [2.75, 3.05) is 0 Å². The number of aliphatic carboxylic acids is 1. The van der Waals surface area contributed by atoms with E-state index in [4.69, 9.17) is 10.8 Å². The number of carbonyl (C=O) groups excluding carboxylic acids is 1. The van der Waals surface area contributed by atoms with E-state index in [9.17, 15) is 27.6 Å². The fourth-order valence-corrected chi connectivity index (χ4v) is 2.42. The lowest BCUT2D eigenvalue weighted by molar-refractivity contribution is -0.140. The topological polar surface area (TPSA) is 192 Å². The third-order valence-corrected chi connectivity index (χ3v) is 3.55. The molecule has 1 rings (SSSR count). The molecule has 0 aromatic carbocycles. The number of nitrogens with two attached hydrogens (primary N) is 1. The van der Waals surface area contributed by atoms with Gasteiger partial charge in [0.05, 0.1) is 6.42 Å². The first kappa shape index (κ1) is 15.6. The molecule has 6 N–H and O–H groups in total. The average molecular weight is 306 g/mol. The number of amides is 1. The van der Waals surface area contributed by atoms with Gasteiger partial charge in [0, 0.05) is 6.20 Å². The number of aromatic amines is 2. The second-order valence-electron chi connectivity index (χ2n) is 3.62. The van der Waals surface area contributed by atoms with Crippen molar-refractivity contribution >= 4 is 21.9 Å². The number of hydrogen-bond acceptors (Lipinski definition) is 6. The molecule has 0 fully saturated rings. The summed E-state index contributed by atoms with van der Waals surface area (Å²) in [5, 5.41) is 8.77. The number of sulfonamides is 1. The van der Waals surface area contributed by atoms with E-state index in [1.54, 1.807) is 9.71 Å². The number of carbonyl (C=O) groups is 2. The molecule has 0 saturated heterocycles. The summed E-state index contributed by atoms with van der Waals surface area (Å²) in [6.45, 7) is 0. The van der Waals surface area contributed by atoms with E-state index in [0.29, 0.717) is 6.20 Å². The molecule has 20 heavy (non-hydrogen) atoms. The van der Waals surface area contributed by atoms with Crippen LogP contribution in [0.15, 0.2) is 20.7 Å². The molecule has 1 aromatic rings. The molecule has 1 unspecified atom stereocenters. The van der Waals surface area contributed by atoms with Gasteiger partial charge in [-0.15, -0.1) is 0 Å². The van der Waals surface area contributed by atoms with Crippen LogP contribution in [0.3, 0.4) is 0 Å². The third-order valence-electron chi connectivity index (χ3n) is 2.08. The largest absolute Gasteiger partial charge is 0.480 e. The normalized spacial score (nSPS) is 12.8. The van der Waals surface area contributed by atoms with E-state index in [1.165, 1.54) is 0 Å². The molecule has 0 aliphatic heterocycles. The van der Waals surface area contributed by atoms with Gasteiger partial charge in [0.1, 0.15) is 6.04 Å².